The van der Waals surface area contributed by atoms with Gasteiger partial charge in [-0.25, -0.2) is 9.36 Å². The van der Waals surface area contributed by atoms with E-state index in [1.165, 1.54) is 10.7 Å². The number of hydrogen-bond acceptors (Lipinski definition) is 3. The lowest BCUT2D eigenvalue weighted by Gasteiger charge is -2.11. The Kier molecular flexibility index (Phi) is 3.81. The van der Waals surface area contributed by atoms with Crippen molar-refractivity contribution in [3.05, 3.63) is 64.0 Å². The highest BCUT2D eigenvalue weighted by Crippen LogP contribution is 2.22. The van der Waals surface area contributed by atoms with Crippen molar-refractivity contribution in [3.8, 4) is 17.1 Å². The maximum absolute atomic E-state index is 11.8. The molecule has 5 nitrogen and oxygen atoms in total. The van der Waals surface area contributed by atoms with E-state index in [1.807, 2.05) is 44.2 Å². The molecule has 0 saturated heterocycles. The molecule has 0 aliphatic heterocycles. The minimum absolute atomic E-state index is 0.00464. The van der Waals surface area contributed by atoms with Crippen LogP contribution >= 0.6 is 11.6 Å². The molecular formula is C16H15ClN4O. The SMILES string of the molecule is CC(C)n1nc(-c2ccnn2-c2cccc(Cl)c2)ccc1=O. The average molecular weight is 315 g/mol. The van der Waals surface area contributed by atoms with Gasteiger partial charge in [-0.1, -0.05) is 17.7 Å². The van der Waals surface area contributed by atoms with Gasteiger partial charge in [0, 0.05) is 11.1 Å². The van der Waals surface area contributed by atoms with Crippen LogP contribution in [0.25, 0.3) is 17.1 Å². The van der Waals surface area contributed by atoms with Crippen molar-refractivity contribution in [1.82, 2.24) is 19.6 Å². The topological polar surface area (TPSA) is 52.7 Å². The predicted octanol–water partition coefficient (Wildman–Crippen LogP) is 3.33. The van der Waals surface area contributed by atoms with Gasteiger partial charge in [-0.3, -0.25) is 4.79 Å². The van der Waals surface area contributed by atoms with E-state index in [2.05, 4.69) is 10.2 Å². The predicted molar refractivity (Wildman–Crippen MR) is 86.5 cm³/mol. The average Bonchev–Trinajstić information content (AvgIpc) is 2.97. The van der Waals surface area contributed by atoms with Crippen LogP contribution in [0.4, 0.5) is 0 Å². The van der Waals surface area contributed by atoms with Crippen LogP contribution in [0.2, 0.25) is 5.02 Å². The molecule has 0 aliphatic carbocycles. The molecule has 0 unspecified atom stereocenters. The number of rotatable bonds is 3. The van der Waals surface area contributed by atoms with Crippen LogP contribution in [0.5, 0.6) is 0 Å². The Hall–Kier alpha value is -2.40. The van der Waals surface area contributed by atoms with Crippen LogP contribution in [-0.4, -0.2) is 19.6 Å². The fourth-order valence-corrected chi connectivity index (χ4v) is 2.43. The zero-order valence-electron chi connectivity index (χ0n) is 12.3. The van der Waals surface area contributed by atoms with Crippen molar-refractivity contribution in [2.24, 2.45) is 0 Å². The van der Waals surface area contributed by atoms with Crippen molar-refractivity contribution < 1.29 is 0 Å². The summed E-state index contributed by atoms with van der Waals surface area (Å²) in [5, 5.41) is 9.40. The van der Waals surface area contributed by atoms with E-state index in [9.17, 15) is 4.79 Å². The van der Waals surface area contributed by atoms with E-state index in [0.29, 0.717) is 10.7 Å². The number of halogens is 1. The molecule has 2 heterocycles. The maximum atomic E-state index is 11.8. The zero-order valence-corrected chi connectivity index (χ0v) is 13.0. The van der Waals surface area contributed by atoms with Crippen LogP contribution in [0.1, 0.15) is 19.9 Å². The molecule has 6 heteroatoms. The molecule has 22 heavy (non-hydrogen) atoms. The maximum Gasteiger partial charge on any atom is 0.267 e. The van der Waals surface area contributed by atoms with E-state index in [4.69, 9.17) is 11.6 Å². The van der Waals surface area contributed by atoms with Crippen molar-refractivity contribution >= 4 is 11.6 Å². The van der Waals surface area contributed by atoms with Gasteiger partial charge in [0.25, 0.3) is 5.56 Å². The summed E-state index contributed by atoms with van der Waals surface area (Å²) in [5.41, 5.74) is 2.21. The minimum atomic E-state index is -0.118. The third-order valence-electron chi connectivity index (χ3n) is 3.27. The fourth-order valence-electron chi connectivity index (χ4n) is 2.24. The lowest BCUT2D eigenvalue weighted by atomic mass is 10.2. The monoisotopic (exact) mass is 314 g/mol. The molecule has 0 aliphatic rings. The molecule has 1 aromatic carbocycles. The summed E-state index contributed by atoms with van der Waals surface area (Å²) >= 11 is 6.05. The van der Waals surface area contributed by atoms with E-state index >= 15 is 0 Å². The standard InChI is InChI=1S/C16H15ClN4O/c1-11(2)20-16(22)7-6-14(19-20)15-8-9-18-21(15)13-5-3-4-12(17)10-13/h3-11H,1-2H3. The highest BCUT2D eigenvalue weighted by atomic mass is 35.5. The van der Waals surface area contributed by atoms with Gasteiger partial charge in [0.05, 0.1) is 23.6 Å². The van der Waals surface area contributed by atoms with Crippen molar-refractivity contribution in [2.45, 2.75) is 19.9 Å². The van der Waals surface area contributed by atoms with Gasteiger partial charge in [0.1, 0.15) is 5.69 Å². The van der Waals surface area contributed by atoms with Gasteiger partial charge in [-0.2, -0.15) is 10.2 Å². The fraction of sp³-hybridized carbons (Fsp3) is 0.188. The summed E-state index contributed by atoms with van der Waals surface area (Å²) in [7, 11) is 0. The number of aromatic nitrogens is 4. The van der Waals surface area contributed by atoms with Crippen LogP contribution < -0.4 is 5.56 Å². The van der Waals surface area contributed by atoms with Crippen molar-refractivity contribution in [1.29, 1.82) is 0 Å². The quantitative estimate of drug-likeness (QED) is 0.745. The number of hydrogen-bond donors (Lipinski definition) is 0. The smallest absolute Gasteiger partial charge is 0.267 e. The lowest BCUT2D eigenvalue weighted by molar-refractivity contribution is 0.504. The second-order valence-electron chi connectivity index (χ2n) is 5.20. The lowest BCUT2D eigenvalue weighted by Crippen LogP contribution is -2.24. The molecular weight excluding hydrogens is 300 g/mol. The van der Waals surface area contributed by atoms with E-state index < -0.39 is 0 Å². The van der Waals surface area contributed by atoms with E-state index in [0.717, 1.165) is 11.4 Å². The zero-order chi connectivity index (χ0) is 15.7. The van der Waals surface area contributed by atoms with E-state index in [-0.39, 0.29) is 11.6 Å². The first-order chi connectivity index (χ1) is 10.6. The molecule has 0 saturated carbocycles. The Bertz CT molecular complexity index is 866. The van der Waals surface area contributed by atoms with Crippen molar-refractivity contribution in [2.75, 3.05) is 0 Å². The van der Waals surface area contributed by atoms with Crippen LogP contribution in [0, 0.1) is 0 Å². The van der Waals surface area contributed by atoms with Gasteiger partial charge in [-0.15, -0.1) is 0 Å². The van der Waals surface area contributed by atoms with Gasteiger partial charge in [0.15, 0.2) is 0 Å². The summed E-state index contributed by atoms with van der Waals surface area (Å²) in [5.74, 6) is 0. The number of nitrogens with zero attached hydrogens (tertiary/aromatic N) is 4. The molecule has 0 atom stereocenters. The molecule has 0 bridgehead atoms. The Labute approximate surface area is 132 Å². The third kappa shape index (κ3) is 2.67. The molecule has 0 spiro atoms. The summed E-state index contributed by atoms with van der Waals surface area (Å²) in [6, 6.07) is 12.5. The largest absolute Gasteiger partial charge is 0.268 e. The Morgan fingerprint density at radius 2 is 1.95 bits per heavy atom. The number of benzene rings is 1. The van der Waals surface area contributed by atoms with Gasteiger partial charge in [-0.05, 0) is 44.2 Å². The summed E-state index contributed by atoms with van der Waals surface area (Å²) in [4.78, 5) is 11.8. The Morgan fingerprint density at radius 3 is 2.68 bits per heavy atom. The molecule has 3 rings (SSSR count). The molecule has 0 fully saturated rings. The van der Waals surface area contributed by atoms with Crippen LogP contribution in [0.3, 0.4) is 0 Å². The third-order valence-corrected chi connectivity index (χ3v) is 3.51. The van der Waals surface area contributed by atoms with E-state index in [1.54, 1.807) is 16.9 Å². The molecule has 3 aromatic rings. The van der Waals surface area contributed by atoms with Gasteiger partial charge < -0.3 is 0 Å². The second kappa shape index (κ2) is 5.77. The van der Waals surface area contributed by atoms with Crippen LogP contribution in [-0.2, 0) is 0 Å². The summed E-state index contributed by atoms with van der Waals surface area (Å²) in [6.07, 6.45) is 1.70. The summed E-state index contributed by atoms with van der Waals surface area (Å²) < 4.78 is 3.22. The summed E-state index contributed by atoms with van der Waals surface area (Å²) in [6.45, 7) is 3.85. The normalized spacial score (nSPS) is 11.1. The Morgan fingerprint density at radius 1 is 1.14 bits per heavy atom. The highest BCUT2D eigenvalue weighted by molar-refractivity contribution is 6.30. The first-order valence-electron chi connectivity index (χ1n) is 6.96. The first-order valence-corrected chi connectivity index (χ1v) is 7.34. The molecule has 0 N–H and O–H groups in total. The molecule has 2 aromatic heterocycles. The second-order valence-corrected chi connectivity index (χ2v) is 5.64. The Balaban J connectivity index is 2.13. The van der Waals surface area contributed by atoms with Gasteiger partial charge in [0.2, 0.25) is 0 Å². The minimum Gasteiger partial charge on any atom is -0.268 e. The first kappa shape index (κ1) is 14.5. The van der Waals surface area contributed by atoms with Crippen LogP contribution in [0.15, 0.2) is 53.5 Å². The molecule has 112 valence electrons. The molecule has 0 radical (unpaired) electrons. The van der Waals surface area contributed by atoms with Crippen molar-refractivity contribution in [3.63, 3.8) is 0 Å². The molecule has 0 amide bonds. The van der Waals surface area contributed by atoms with Gasteiger partial charge >= 0.3 is 0 Å². The highest BCUT2D eigenvalue weighted by Gasteiger charge is 2.11.